The highest BCUT2D eigenvalue weighted by atomic mass is 16.6. The molecular formula is C16H21N5O. The zero-order chi connectivity index (χ0) is 15.6. The third-order valence-corrected chi connectivity index (χ3v) is 3.03. The smallest absolute Gasteiger partial charge is 0.164 e. The summed E-state index contributed by atoms with van der Waals surface area (Å²) >= 11 is 0. The fraction of sp³-hybridized carbons (Fsp3) is 0.312. The molecule has 0 bridgehead atoms. The van der Waals surface area contributed by atoms with Crippen LogP contribution >= 0.6 is 0 Å². The average Bonchev–Trinajstić information content (AvgIpc) is 2.58. The van der Waals surface area contributed by atoms with Crippen molar-refractivity contribution >= 4 is 11.7 Å². The number of hydrogen-bond donors (Lipinski definition) is 2. The number of amidine groups is 1. The largest absolute Gasteiger partial charge is 0.383 e. The van der Waals surface area contributed by atoms with Crippen molar-refractivity contribution in [3.63, 3.8) is 0 Å². The first-order valence-corrected chi connectivity index (χ1v) is 7.33. The van der Waals surface area contributed by atoms with Gasteiger partial charge in [0.25, 0.3) is 0 Å². The van der Waals surface area contributed by atoms with Gasteiger partial charge in [0.15, 0.2) is 5.82 Å². The topological polar surface area (TPSA) is 85.4 Å². The van der Waals surface area contributed by atoms with Crippen LogP contribution in [0, 0.1) is 0 Å². The van der Waals surface area contributed by atoms with Crippen LogP contribution in [0.5, 0.6) is 0 Å². The van der Waals surface area contributed by atoms with Crippen LogP contribution in [-0.4, -0.2) is 22.4 Å². The van der Waals surface area contributed by atoms with Gasteiger partial charge >= 0.3 is 0 Å². The maximum absolute atomic E-state index is 6.05. The van der Waals surface area contributed by atoms with Gasteiger partial charge in [-0.2, -0.15) is 0 Å². The molecule has 2 rings (SSSR count). The van der Waals surface area contributed by atoms with Gasteiger partial charge in [0.2, 0.25) is 0 Å². The van der Waals surface area contributed by atoms with Crippen LogP contribution in [0.4, 0.5) is 5.82 Å². The molecular weight excluding hydrogens is 278 g/mol. The van der Waals surface area contributed by atoms with Gasteiger partial charge in [0.1, 0.15) is 12.2 Å². The summed E-state index contributed by atoms with van der Waals surface area (Å²) < 4.78 is 0. The Labute approximate surface area is 130 Å². The molecule has 1 heterocycles. The molecule has 0 unspecified atom stereocenters. The molecule has 22 heavy (non-hydrogen) atoms. The Morgan fingerprint density at radius 2 is 2.14 bits per heavy atom. The van der Waals surface area contributed by atoms with Crippen LogP contribution in [0.15, 0.2) is 47.8 Å². The Morgan fingerprint density at radius 1 is 1.32 bits per heavy atom. The van der Waals surface area contributed by atoms with Crippen LogP contribution < -0.4 is 11.2 Å². The molecule has 0 radical (unpaired) electrons. The second-order valence-electron chi connectivity index (χ2n) is 4.78. The number of nitrogens with two attached hydrogens (primary N) is 1. The zero-order valence-electron chi connectivity index (χ0n) is 12.7. The van der Waals surface area contributed by atoms with Gasteiger partial charge in [-0.1, -0.05) is 43.7 Å². The minimum atomic E-state index is 0.381. The number of nitrogens with zero attached hydrogens (tertiary/aromatic N) is 3. The second-order valence-corrected chi connectivity index (χ2v) is 4.78. The first-order chi connectivity index (χ1) is 10.8. The molecule has 1 aromatic heterocycles. The number of anilines is 1. The molecule has 2 aromatic rings. The lowest BCUT2D eigenvalue weighted by Gasteiger charge is -2.09. The highest BCUT2D eigenvalue weighted by Gasteiger charge is 2.08. The highest BCUT2D eigenvalue weighted by molar-refractivity contribution is 6.01. The standard InChI is InChI=1S/C16H21N5O/c1-2-3-9-22-21-16-14(11-18-12-20-16)15(17)19-10-13-7-5-4-6-8-13/h4-8,11-12H,2-3,9-10H2,1H3,(H2,17,19)(H,18,20,21). The van der Waals surface area contributed by atoms with Crippen LogP contribution in [0.1, 0.15) is 30.9 Å². The minimum Gasteiger partial charge on any atom is -0.383 e. The normalized spacial score (nSPS) is 11.4. The lowest BCUT2D eigenvalue weighted by molar-refractivity contribution is 0.188. The molecule has 116 valence electrons. The number of nitrogens with one attached hydrogen (secondary N) is 1. The molecule has 0 aliphatic rings. The number of aliphatic imine (C=N–C) groups is 1. The third-order valence-electron chi connectivity index (χ3n) is 3.03. The predicted molar refractivity (Wildman–Crippen MR) is 87.4 cm³/mol. The van der Waals surface area contributed by atoms with E-state index in [9.17, 15) is 0 Å². The summed E-state index contributed by atoms with van der Waals surface area (Å²) in [6.45, 7) is 3.23. The number of benzene rings is 1. The van der Waals surface area contributed by atoms with Crippen molar-refractivity contribution in [2.45, 2.75) is 26.3 Å². The average molecular weight is 299 g/mol. The van der Waals surface area contributed by atoms with Crippen molar-refractivity contribution in [2.24, 2.45) is 10.7 Å². The fourth-order valence-electron chi connectivity index (χ4n) is 1.78. The van der Waals surface area contributed by atoms with Crippen LogP contribution in [0.2, 0.25) is 0 Å². The maximum Gasteiger partial charge on any atom is 0.164 e. The third kappa shape index (κ3) is 4.82. The molecule has 3 N–H and O–H groups in total. The van der Waals surface area contributed by atoms with Crippen molar-refractivity contribution < 1.29 is 4.84 Å². The van der Waals surface area contributed by atoms with Crippen molar-refractivity contribution in [3.8, 4) is 0 Å². The van der Waals surface area contributed by atoms with Crippen LogP contribution in [0.3, 0.4) is 0 Å². The summed E-state index contributed by atoms with van der Waals surface area (Å²) in [5.74, 6) is 0.909. The lowest BCUT2D eigenvalue weighted by atomic mass is 10.2. The monoisotopic (exact) mass is 299 g/mol. The Kier molecular flexibility index (Phi) is 6.32. The van der Waals surface area contributed by atoms with E-state index in [0.717, 1.165) is 18.4 Å². The molecule has 0 spiro atoms. The summed E-state index contributed by atoms with van der Waals surface area (Å²) in [6.07, 6.45) is 5.12. The molecule has 0 saturated carbocycles. The number of rotatable bonds is 8. The van der Waals surface area contributed by atoms with Gasteiger partial charge in [0, 0.05) is 6.20 Å². The molecule has 0 aliphatic heterocycles. The van der Waals surface area contributed by atoms with E-state index in [1.807, 2.05) is 30.3 Å². The molecule has 0 atom stereocenters. The van der Waals surface area contributed by atoms with Crippen LogP contribution in [-0.2, 0) is 11.4 Å². The lowest BCUT2D eigenvalue weighted by Crippen LogP contribution is -2.18. The maximum atomic E-state index is 6.05. The van der Waals surface area contributed by atoms with Gasteiger partial charge < -0.3 is 5.73 Å². The first kappa shape index (κ1) is 15.9. The van der Waals surface area contributed by atoms with Gasteiger partial charge in [-0.05, 0) is 12.0 Å². The van der Waals surface area contributed by atoms with Crippen molar-refractivity contribution in [1.29, 1.82) is 0 Å². The summed E-state index contributed by atoms with van der Waals surface area (Å²) in [4.78, 5) is 17.9. The highest BCUT2D eigenvalue weighted by Crippen LogP contribution is 2.11. The quantitative estimate of drug-likeness (QED) is 0.338. The van der Waals surface area contributed by atoms with Gasteiger partial charge in [-0.25, -0.2) is 15.4 Å². The van der Waals surface area contributed by atoms with E-state index in [1.54, 1.807) is 6.20 Å². The summed E-state index contributed by atoms with van der Waals surface area (Å²) in [5.41, 5.74) is 10.6. The van der Waals surface area contributed by atoms with E-state index < -0.39 is 0 Å². The predicted octanol–water partition coefficient (Wildman–Crippen LogP) is 2.53. The Bertz CT molecular complexity index is 600. The van der Waals surface area contributed by atoms with Crippen LogP contribution in [0.25, 0.3) is 0 Å². The summed E-state index contributed by atoms with van der Waals surface area (Å²) in [5, 5.41) is 0. The van der Waals surface area contributed by atoms with E-state index in [1.165, 1.54) is 6.33 Å². The molecule has 1 aromatic carbocycles. The number of unbranched alkanes of at least 4 members (excludes halogenated alkanes) is 1. The molecule has 0 saturated heterocycles. The molecule has 0 aliphatic carbocycles. The number of hydrogen-bond acceptors (Lipinski definition) is 5. The Balaban J connectivity index is 2.03. The van der Waals surface area contributed by atoms with E-state index >= 15 is 0 Å². The van der Waals surface area contributed by atoms with E-state index in [4.69, 9.17) is 10.6 Å². The SMILES string of the molecule is CCCCONc1ncncc1C(N)=NCc1ccccc1. The van der Waals surface area contributed by atoms with Crippen molar-refractivity contribution in [1.82, 2.24) is 9.97 Å². The summed E-state index contributed by atoms with van der Waals surface area (Å²) in [6, 6.07) is 9.93. The first-order valence-electron chi connectivity index (χ1n) is 7.33. The van der Waals surface area contributed by atoms with Gasteiger partial charge in [-0.15, -0.1) is 0 Å². The van der Waals surface area contributed by atoms with Crippen molar-refractivity contribution in [2.75, 3.05) is 12.1 Å². The Morgan fingerprint density at radius 3 is 2.91 bits per heavy atom. The van der Waals surface area contributed by atoms with Gasteiger partial charge in [0.05, 0.1) is 18.7 Å². The zero-order valence-corrected chi connectivity index (χ0v) is 12.7. The van der Waals surface area contributed by atoms with E-state index in [2.05, 4.69) is 27.4 Å². The second kappa shape index (κ2) is 8.74. The molecule has 0 fully saturated rings. The van der Waals surface area contributed by atoms with E-state index in [-0.39, 0.29) is 0 Å². The number of aromatic nitrogens is 2. The van der Waals surface area contributed by atoms with Gasteiger partial charge in [-0.3, -0.25) is 9.83 Å². The molecule has 6 heteroatoms. The Hall–Kier alpha value is -2.47. The fourth-order valence-corrected chi connectivity index (χ4v) is 1.78. The van der Waals surface area contributed by atoms with E-state index in [0.29, 0.717) is 30.4 Å². The summed E-state index contributed by atoms with van der Waals surface area (Å²) in [7, 11) is 0. The molecule has 0 amide bonds. The van der Waals surface area contributed by atoms with Crippen molar-refractivity contribution in [3.05, 3.63) is 54.0 Å². The molecule has 6 nitrogen and oxygen atoms in total. The minimum absolute atomic E-state index is 0.381.